The number of ether oxygens (including phenoxy) is 1. The van der Waals surface area contributed by atoms with Gasteiger partial charge in [-0.05, 0) is 63.6 Å². The fraction of sp³-hybridized carbons (Fsp3) is 0.750. The Hall–Kier alpha value is -0.0900. The first-order valence-electron chi connectivity index (χ1n) is 7.87. The summed E-state index contributed by atoms with van der Waals surface area (Å²) in [7, 11) is 0. The van der Waals surface area contributed by atoms with Crippen molar-refractivity contribution in [3.05, 3.63) is 21.3 Å². The van der Waals surface area contributed by atoms with E-state index in [1.54, 1.807) is 11.3 Å². The van der Waals surface area contributed by atoms with Crippen molar-refractivity contribution in [3.63, 3.8) is 0 Å². The van der Waals surface area contributed by atoms with Crippen molar-refractivity contribution >= 4 is 22.9 Å². The second kappa shape index (κ2) is 9.04. The molecule has 20 heavy (non-hydrogen) atoms. The first-order chi connectivity index (χ1) is 9.78. The van der Waals surface area contributed by atoms with E-state index in [2.05, 4.69) is 18.3 Å². The van der Waals surface area contributed by atoms with Crippen LogP contribution in [0, 0.1) is 0 Å². The first kappa shape index (κ1) is 16.3. The van der Waals surface area contributed by atoms with Gasteiger partial charge in [0.1, 0.15) is 0 Å². The Labute approximate surface area is 131 Å². The third-order valence-corrected chi connectivity index (χ3v) is 5.12. The maximum atomic E-state index is 6.03. The number of nitrogens with one attached hydrogen (secondary N) is 1. The summed E-state index contributed by atoms with van der Waals surface area (Å²) in [5, 5.41) is 3.67. The molecular formula is C16H26ClNOS. The number of hydrogen-bond acceptors (Lipinski definition) is 3. The number of rotatable bonds is 8. The highest BCUT2D eigenvalue weighted by Gasteiger charge is 2.17. The van der Waals surface area contributed by atoms with Crippen LogP contribution in [0.3, 0.4) is 0 Å². The van der Waals surface area contributed by atoms with Gasteiger partial charge in [-0.1, -0.05) is 18.5 Å². The molecule has 1 aliphatic rings. The zero-order valence-electron chi connectivity index (χ0n) is 12.4. The summed E-state index contributed by atoms with van der Waals surface area (Å²) >= 11 is 7.73. The lowest BCUT2D eigenvalue weighted by Crippen LogP contribution is -2.33. The zero-order valence-corrected chi connectivity index (χ0v) is 13.9. The van der Waals surface area contributed by atoms with Gasteiger partial charge >= 0.3 is 0 Å². The van der Waals surface area contributed by atoms with Gasteiger partial charge in [0.2, 0.25) is 0 Å². The molecule has 0 saturated carbocycles. The summed E-state index contributed by atoms with van der Waals surface area (Å²) in [4.78, 5) is 1.38. The van der Waals surface area contributed by atoms with Crippen molar-refractivity contribution in [3.8, 4) is 0 Å². The summed E-state index contributed by atoms with van der Waals surface area (Å²) in [6.07, 6.45) is 8.94. The van der Waals surface area contributed by atoms with Crippen molar-refractivity contribution < 1.29 is 4.74 Å². The van der Waals surface area contributed by atoms with Crippen LogP contribution >= 0.6 is 22.9 Å². The molecule has 1 N–H and O–H groups in total. The van der Waals surface area contributed by atoms with Gasteiger partial charge in [0, 0.05) is 17.5 Å². The Kier molecular flexibility index (Phi) is 7.36. The Bertz CT molecular complexity index is 376. The van der Waals surface area contributed by atoms with Crippen LogP contribution in [0.15, 0.2) is 12.1 Å². The van der Waals surface area contributed by atoms with Crippen molar-refractivity contribution in [2.45, 2.75) is 64.0 Å². The van der Waals surface area contributed by atoms with E-state index in [4.69, 9.17) is 16.3 Å². The predicted octanol–water partition coefficient (Wildman–Crippen LogP) is 4.66. The third kappa shape index (κ3) is 5.72. The van der Waals surface area contributed by atoms with E-state index in [1.165, 1.54) is 43.4 Å². The SMILES string of the molecule is CCCNC(CCC1CCCCO1)Cc1ccc(Cl)s1. The fourth-order valence-electron chi connectivity index (χ4n) is 2.75. The molecule has 0 aromatic carbocycles. The van der Waals surface area contributed by atoms with Gasteiger partial charge in [0.15, 0.2) is 0 Å². The normalized spacial score (nSPS) is 21.0. The molecule has 1 aromatic rings. The molecule has 2 nitrogen and oxygen atoms in total. The van der Waals surface area contributed by atoms with Crippen molar-refractivity contribution in [2.75, 3.05) is 13.2 Å². The molecule has 1 fully saturated rings. The predicted molar refractivity (Wildman–Crippen MR) is 87.9 cm³/mol. The van der Waals surface area contributed by atoms with Gasteiger partial charge in [-0.25, -0.2) is 0 Å². The molecule has 2 atom stereocenters. The maximum absolute atomic E-state index is 6.03. The van der Waals surface area contributed by atoms with Crippen LogP contribution in [0.2, 0.25) is 4.34 Å². The molecule has 0 radical (unpaired) electrons. The summed E-state index contributed by atoms with van der Waals surface area (Å²) in [5.41, 5.74) is 0. The van der Waals surface area contributed by atoms with Crippen LogP contribution in [0.5, 0.6) is 0 Å². The summed E-state index contributed by atoms with van der Waals surface area (Å²) in [6.45, 7) is 4.27. The second-order valence-electron chi connectivity index (χ2n) is 5.63. The second-order valence-corrected chi connectivity index (χ2v) is 7.43. The first-order valence-corrected chi connectivity index (χ1v) is 9.06. The largest absolute Gasteiger partial charge is 0.378 e. The lowest BCUT2D eigenvalue weighted by atomic mass is 9.99. The standard InChI is InChI=1S/C16H26ClNOS/c1-2-10-18-13(12-15-8-9-16(17)20-15)6-7-14-5-3-4-11-19-14/h8-9,13-14,18H,2-7,10-12H2,1H3. The van der Waals surface area contributed by atoms with Gasteiger partial charge in [-0.15, -0.1) is 11.3 Å². The molecule has 4 heteroatoms. The van der Waals surface area contributed by atoms with Crippen molar-refractivity contribution in [1.29, 1.82) is 0 Å². The molecule has 1 saturated heterocycles. The molecule has 1 aliphatic heterocycles. The molecule has 0 bridgehead atoms. The third-order valence-electron chi connectivity index (χ3n) is 3.87. The molecule has 0 amide bonds. The molecule has 114 valence electrons. The van der Waals surface area contributed by atoms with Crippen molar-refractivity contribution in [2.24, 2.45) is 0 Å². The smallest absolute Gasteiger partial charge is 0.0931 e. The average Bonchev–Trinajstić information content (AvgIpc) is 2.88. The monoisotopic (exact) mass is 315 g/mol. The summed E-state index contributed by atoms with van der Waals surface area (Å²) < 4.78 is 6.73. The highest BCUT2D eigenvalue weighted by Crippen LogP contribution is 2.24. The minimum absolute atomic E-state index is 0.488. The van der Waals surface area contributed by atoms with E-state index >= 15 is 0 Å². The van der Waals surface area contributed by atoms with E-state index < -0.39 is 0 Å². The Balaban J connectivity index is 1.79. The number of halogens is 1. The molecular weight excluding hydrogens is 290 g/mol. The lowest BCUT2D eigenvalue weighted by molar-refractivity contribution is 0.00860. The van der Waals surface area contributed by atoms with Gasteiger partial charge < -0.3 is 10.1 Å². The minimum atomic E-state index is 0.488. The minimum Gasteiger partial charge on any atom is -0.378 e. The molecule has 2 rings (SSSR count). The van der Waals surface area contributed by atoms with Gasteiger partial charge in [-0.2, -0.15) is 0 Å². The van der Waals surface area contributed by atoms with E-state index in [1.807, 2.05) is 6.07 Å². The number of thiophene rings is 1. The summed E-state index contributed by atoms with van der Waals surface area (Å²) in [6, 6.07) is 4.71. The van der Waals surface area contributed by atoms with Gasteiger partial charge in [0.05, 0.1) is 10.4 Å². The number of hydrogen-bond donors (Lipinski definition) is 1. The fourth-order valence-corrected chi connectivity index (χ4v) is 3.92. The molecule has 1 aromatic heterocycles. The van der Waals surface area contributed by atoms with E-state index in [-0.39, 0.29) is 0 Å². The topological polar surface area (TPSA) is 21.3 Å². The van der Waals surface area contributed by atoms with Crippen LogP contribution in [0.25, 0.3) is 0 Å². The van der Waals surface area contributed by atoms with E-state index in [0.717, 1.165) is 23.9 Å². The Morgan fingerprint density at radius 2 is 2.35 bits per heavy atom. The van der Waals surface area contributed by atoms with Crippen LogP contribution in [0.1, 0.15) is 50.3 Å². The highest BCUT2D eigenvalue weighted by atomic mass is 35.5. The Morgan fingerprint density at radius 3 is 3.00 bits per heavy atom. The molecule has 0 aliphatic carbocycles. The lowest BCUT2D eigenvalue weighted by Gasteiger charge is -2.25. The van der Waals surface area contributed by atoms with E-state index in [9.17, 15) is 0 Å². The zero-order chi connectivity index (χ0) is 14.2. The van der Waals surface area contributed by atoms with Crippen LogP contribution < -0.4 is 5.32 Å². The van der Waals surface area contributed by atoms with E-state index in [0.29, 0.717) is 12.1 Å². The maximum Gasteiger partial charge on any atom is 0.0931 e. The molecule has 2 unspecified atom stereocenters. The average molecular weight is 316 g/mol. The Morgan fingerprint density at radius 1 is 1.45 bits per heavy atom. The van der Waals surface area contributed by atoms with Gasteiger partial charge in [0.25, 0.3) is 0 Å². The van der Waals surface area contributed by atoms with Gasteiger partial charge in [-0.3, -0.25) is 0 Å². The highest BCUT2D eigenvalue weighted by molar-refractivity contribution is 7.16. The van der Waals surface area contributed by atoms with Crippen LogP contribution in [-0.4, -0.2) is 25.3 Å². The molecule has 2 heterocycles. The van der Waals surface area contributed by atoms with Crippen LogP contribution in [0.4, 0.5) is 0 Å². The molecule has 0 spiro atoms. The summed E-state index contributed by atoms with van der Waals surface area (Å²) in [5.74, 6) is 0. The van der Waals surface area contributed by atoms with Crippen LogP contribution in [-0.2, 0) is 11.2 Å². The quantitative estimate of drug-likeness (QED) is 0.753. The van der Waals surface area contributed by atoms with Crippen molar-refractivity contribution in [1.82, 2.24) is 5.32 Å².